The number of hydrogen-bond donors (Lipinski definition) is 0. The van der Waals surface area contributed by atoms with Crippen LogP contribution >= 0.6 is 0 Å². The topological polar surface area (TPSA) is 69.9 Å². The van der Waals surface area contributed by atoms with E-state index >= 15 is 0 Å². The van der Waals surface area contributed by atoms with E-state index in [0.29, 0.717) is 17.5 Å². The zero-order chi connectivity index (χ0) is 40.0. The summed E-state index contributed by atoms with van der Waals surface area (Å²) in [5.41, 5.74) is 11.2. The van der Waals surface area contributed by atoms with Gasteiger partial charge in [0, 0.05) is 43.6 Å². The number of fused-ring (bicyclic) bond motifs is 10. The minimum absolute atomic E-state index is 0.516. The fourth-order valence-corrected chi connectivity index (χ4v) is 9.26. The van der Waals surface area contributed by atoms with Crippen molar-refractivity contribution in [3.8, 4) is 51.0 Å². The van der Waals surface area contributed by atoms with Crippen LogP contribution in [-0.4, -0.2) is 19.5 Å². The summed E-state index contributed by atoms with van der Waals surface area (Å²) < 4.78 is 15.7. The molecule has 0 aliphatic carbocycles. The van der Waals surface area contributed by atoms with Crippen LogP contribution in [0.25, 0.3) is 127 Å². The Bertz CT molecular complexity index is 3900. The summed E-state index contributed by atoms with van der Waals surface area (Å²) in [5, 5.41) is 8.76. The van der Waals surface area contributed by atoms with Crippen molar-refractivity contribution in [3.63, 3.8) is 0 Å². The molecule has 6 heteroatoms. The van der Waals surface area contributed by atoms with Gasteiger partial charge in [0.15, 0.2) is 17.5 Å². The average molecular weight is 781 g/mol. The van der Waals surface area contributed by atoms with Crippen LogP contribution in [-0.2, 0) is 0 Å². The second-order valence-electron chi connectivity index (χ2n) is 15.5. The molecule has 13 aromatic rings. The highest BCUT2D eigenvalue weighted by atomic mass is 16.3. The highest BCUT2D eigenvalue weighted by Crippen LogP contribution is 2.43. The lowest BCUT2D eigenvalue weighted by atomic mass is 9.97. The van der Waals surface area contributed by atoms with Crippen LogP contribution in [0, 0.1) is 0 Å². The second kappa shape index (κ2) is 13.1. The van der Waals surface area contributed by atoms with Crippen molar-refractivity contribution in [1.29, 1.82) is 0 Å². The van der Waals surface area contributed by atoms with Crippen molar-refractivity contribution in [2.45, 2.75) is 0 Å². The van der Waals surface area contributed by atoms with Gasteiger partial charge in [0.2, 0.25) is 0 Å². The predicted molar refractivity (Wildman–Crippen MR) is 248 cm³/mol. The number of hydrogen-bond acceptors (Lipinski definition) is 5. The van der Waals surface area contributed by atoms with Crippen molar-refractivity contribution < 1.29 is 8.83 Å². The third-order valence-corrected chi connectivity index (χ3v) is 12.0. The minimum Gasteiger partial charge on any atom is -0.455 e. The first-order chi connectivity index (χ1) is 30.2. The summed E-state index contributed by atoms with van der Waals surface area (Å²) >= 11 is 0. The highest BCUT2D eigenvalue weighted by molar-refractivity contribution is 6.17. The van der Waals surface area contributed by atoms with Crippen LogP contribution in [0.4, 0.5) is 0 Å². The van der Waals surface area contributed by atoms with Crippen molar-refractivity contribution in [3.05, 3.63) is 194 Å². The molecular weight excluding hydrogens is 749 g/mol. The lowest BCUT2D eigenvalue weighted by Gasteiger charge is -2.10. The van der Waals surface area contributed by atoms with Gasteiger partial charge in [-0.3, -0.25) is 0 Å². The van der Waals surface area contributed by atoms with E-state index in [2.05, 4.69) is 156 Å². The van der Waals surface area contributed by atoms with Crippen molar-refractivity contribution in [2.24, 2.45) is 0 Å². The number of aromatic nitrogens is 4. The van der Waals surface area contributed by atoms with Gasteiger partial charge < -0.3 is 13.4 Å². The third kappa shape index (κ3) is 5.19. The summed E-state index contributed by atoms with van der Waals surface area (Å²) in [7, 11) is 0. The van der Waals surface area contributed by atoms with Crippen molar-refractivity contribution >= 4 is 76.5 Å². The fourth-order valence-electron chi connectivity index (χ4n) is 9.26. The minimum atomic E-state index is 0.516. The molecule has 0 N–H and O–H groups in total. The number of benzene rings is 9. The highest BCUT2D eigenvalue weighted by Gasteiger charge is 2.22. The quantitative estimate of drug-likeness (QED) is 0.174. The molecule has 0 fully saturated rings. The van der Waals surface area contributed by atoms with E-state index in [1.54, 1.807) is 0 Å². The van der Waals surface area contributed by atoms with E-state index < -0.39 is 0 Å². The SMILES string of the molecule is c1ccc(-n2c3ccccc3c3cc(-c4cccc5oc6c(-c7nc(-c8ccc9ccccc9c8)nc(-c8cccc9c8oc8ccccc89)n7)cccc6c45)ccc32)cc1. The van der Waals surface area contributed by atoms with Gasteiger partial charge in [-0.05, 0) is 82.6 Å². The number of para-hydroxylation sites is 5. The molecule has 0 bridgehead atoms. The predicted octanol–water partition coefficient (Wildman–Crippen LogP) is 14.6. The fraction of sp³-hybridized carbons (Fsp3) is 0. The van der Waals surface area contributed by atoms with Crippen LogP contribution in [0.3, 0.4) is 0 Å². The smallest absolute Gasteiger partial charge is 0.167 e. The van der Waals surface area contributed by atoms with Crippen molar-refractivity contribution in [2.75, 3.05) is 0 Å². The van der Waals surface area contributed by atoms with Crippen LogP contribution in [0.5, 0.6) is 0 Å². The molecule has 0 aliphatic rings. The van der Waals surface area contributed by atoms with Crippen LogP contribution < -0.4 is 0 Å². The Morgan fingerprint density at radius 1 is 0.344 bits per heavy atom. The number of furan rings is 2. The molecule has 0 spiro atoms. The van der Waals surface area contributed by atoms with Gasteiger partial charge in [-0.2, -0.15) is 0 Å². The Hall–Kier alpha value is -8.35. The molecule has 61 heavy (non-hydrogen) atoms. The molecule has 0 saturated carbocycles. The first kappa shape index (κ1) is 33.6. The van der Waals surface area contributed by atoms with Gasteiger partial charge in [-0.1, -0.05) is 133 Å². The summed E-state index contributed by atoms with van der Waals surface area (Å²) in [6, 6.07) is 67.5. The number of rotatable bonds is 5. The largest absolute Gasteiger partial charge is 0.455 e. The average Bonchev–Trinajstić information content (AvgIpc) is 4.01. The van der Waals surface area contributed by atoms with Crippen molar-refractivity contribution in [1.82, 2.24) is 19.5 Å². The molecule has 0 aliphatic heterocycles. The Balaban J connectivity index is 1.02. The van der Waals surface area contributed by atoms with E-state index in [1.807, 2.05) is 42.5 Å². The summed E-state index contributed by atoms with van der Waals surface area (Å²) in [5.74, 6) is 1.60. The lowest BCUT2D eigenvalue weighted by Crippen LogP contribution is -2.00. The first-order valence-electron chi connectivity index (χ1n) is 20.4. The zero-order valence-electron chi connectivity index (χ0n) is 32.6. The molecular formula is C55H32N4O2. The van der Waals surface area contributed by atoms with E-state index in [9.17, 15) is 0 Å². The molecule has 284 valence electrons. The molecule has 13 rings (SSSR count). The Morgan fingerprint density at radius 2 is 0.934 bits per heavy atom. The molecule has 4 aromatic heterocycles. The van der Waals surface area contributed by atoms with E-state index in [1.165, 1.54) is 16.3 Å². The molecule has 0 radical (unpaired) electrons. The summed E-state index contributed by atoms with van der Waals surface area (Å²) in [6.45, 7) is 0. The van der Waals surface area contributed by atoms with E-state index in [4.69, 9.17) is 23.8 Å². The summed E-state index contributed by atoms with van der Waals surface area (Å²) in [6.07, 6.45) is 0. The maximum atomic E-state index is 6.86. The Morgan fingerprint density at radius 3 is 1.79 bits per heavy atom. The lowest BCUT2D eigenvalue weighted by molar-refractivity contribution is 0.669. The third-order valence-electron chi connectivity index (χ3n) is 12.0. The number of nitrogens with zero attached hydrogens (tertiary/aromatic N) is 4. The van der Waals surface area contributed by atoms with E-state index in [0.717, 1.165) is 93.7 Å². The molecule has 0 amide bonds. The van der Waals surface area contributed by atoms with Gasteiger partial charge in [0.05, 0.1) is 22.2 Å². The van der Waals surface area contributed by atoms with Gasteiger partial charge in [0.25, 0.3) is 0 Å². The molecule has 0 atom stereocenters. The molecule has 9 aromatic carbocycles. The second-order valence-corrected chi connectivity index (χ2v) is 15.5. The monoisotopic (exact) mass is 780 g/mol. The van der Waals surface area contributed by atoms with E-state index in [-0.39, 0.29) is 0 Å². The normalized spacial score (nSPS) is 11.9. The Labute approximate surface area is 348 Å². The van der Waals surface area contributed by atoms with Crippen LogP contribution in [0.2, 0.25) is 0 Å². The molecule has 6 nitrogen and oxygen atoms in total. The van der Waals surface area contributed by atoms with Crippen LogP contribution in [0.15, 0.2) is 203 Å². The van der Waals surface area contributed by atoms with Crippen LogP contribution in [0.1, 0.15) is 0 Å². The zero-order valence-corrected chi connectivity index (χ0v) is 32.6. The van der Waals surface area contributed by atoms with Gasteiger partial charge >= 0.3 is 0 Å². The molecule has 4 heterocycles. The Kier molecular flexibility index (Phi) is 7.21. The maximum absolute atomic E-state index is 6.86. The summed E-state index contributed by atoms with van der Waals surface area (Å²) in [4.78, 5) is 15.6. The maximum Gasteiger partial charge on any atom is 0.167 e. The standard InChI is InChI=1S/C55H32N4O2/c1-2-15-37(16-3-1)59-46-24-8-6-17-39(46)45-32-35(29-30-47(45)59)38-19-12-26-49-50(38)42-21-11-23-44(52(42)61-49)55-57-53(36-28-27-33-13-4-5-14-34(33)31-36)56-54(58-55)43-22-10-20-41-40-18-7-9-25-48(40)60-51(41)43/h1-32H. The molecule has 0 saturated heterocycles. The first-order valence-corrected chi connectivity index (χ1v) is 20.4. The van der Waals surface area contributed by atoms with Gasteiger partial charge in [-0.25, -0.2) is 15.0 Å². The van der Waals surface area contributed by atoms with Gasteiger partial charge in [0.1, 0.15) is 22.3 Å². The van der Waals surface area contributed by atoms with Gasteiger partial charge in [-0.15, -0.1) is 0 Å². The molecule has 0 unspecified atom stereocenters.